The van der Waals surface area contributed by atoms with Gasteiger partial charge in [0.15, 0.2) is 0 Å². The summed E-state index contributed by atoms with van der Waals surface area (Å²) in [6.07, 6.45) is 0. The van der Waals surface area contributed by atoms with Crippen molar-refractivity contribution in [3.63, 3.8) is 0 Å². The number of nitrogens with two attached hydrogens (primary N) is 1. The number of benzene rings is 3. The Morgan fingerprint density at radius 2 is 1.64 bits per heavy atom. The predicted molar refractivity (Wildman–Crippen MR) is 119 cm³/mol. The lowest BCUT2D eigenvalue weighted by Gasteiger charge is -2.27. The van der Waals surface area contributed by atoms with E-state index in [1.54, 1.807) is 6.92 Å². The average molecular weight is 474 g/mol. The fraction of sp³-hybridized carbons (Fsp3) is 0.130. The Morgan fingerprint density at radius 3 is 2.24 bits per heavy atom. The highest BCUT2D eigenvalue weighted by atomic mass is 32.2. The van der Waals surface area contributed by atoms with Gasteiger partial charge >= 0.3 is 0 Å². The van der Waals surface area contributed by atoms with Crippen molar-refractivity contribution >= 4 is 27.5 Å². The number of anilines is 1. The number of halogens is 2. The number of carbonyl (C=O) groups excluding carboxylic acids is 2. The van der Waals surface area contributed by atoms with Crippen molar-refractivity contribution in [1.82, 2.24) is 4.90 Å². The molecule has 0 spiro atoms. The van der Waals surface area contributed by atoms with E-state index in [9.17, 15) is 26.8 Å². The smallest absolute Gasteiger partial charge is 0.261 e. The Labute approximate surface area is 189 Å². The molecule has 0 aliphatic carbocycles. The van der Waals surface area contributed by atoms with Crippen molar-refractivity contribution in [1.29, 1.82) is 0 Å². The van der Waals surface area contributed by atoms with E-state index in [2.05, 4.69) is 4.72 Å². The summed E-state index contributed by atoms with van der Waals surface area (Å²) in [5, 5.41) is 0. The molecule has 10 heteroatoms. The third-order valence-corrected chi connectivity index (χ3v) is 6.37. The maximum Gasteiger partial charge on any atom is 0.261 e. The lowest BCUT2D eigenvalue weighted by Crippen LogP contribution is -2.39. The minimum Gasteiger partial charge on any atom is -0.368 e. The number of hydrogen-bond donors (Lipinski definition) is 2. The minimum absolute atomic E-state index is 0.0159. The Kier molecular flexibility index (Phi) is 6.78. The molecule has 0 bridgehead atoms. The summed E-state index contributed by atoms with van der Waals surface area (Å²) in [6.45, 7) is 1.60. The number of sulfonamides is 1. The maximum absolute atomic E-state index is 13.7. The first-order valence-corrected chi connectivity index (χ1v) is 11.2. The number of carbonyl (C=O) groups is 2. The standard InChI is InChI=1S/C23H21F2N3O4S/c1-14-6-11-19(33(31,32)27-18-9-7-16(24)8-10-18)13-20(14)23(30)28(2)21(22(26)29)15-4-3-5-17(25)12-15/h3-13,21,27H,1-2H3,(H2,26,29). The van der Waals surface area contributed by atoms with E-state index in [0.29, 0.717) is 5.56 Å². The lowest BCUT2D eigenvalue weighted by atomic mass is 10.0. The van der Waals surface area contributed by atoms with Crippen LogP contribution in [0, 0.1) is 18.6 Å². The van der Waals surface area contributed by atoms with Gasteiger partial charge in [-0.05, 0) is 66.6 Å². The van der Waals surface area contributed by atoms with Crippen LogP contribution in [0.15, 0.2) is 71.6 Å². The number of nitrogens with zero attached hydrogens (tertiary/aromatic N) is 1. The van der Waals surface area contributed by atoms with Gasteiger partial charge in [-0.25, -0.2) is 17.2 Å². The lowest BCUT2D eigenvalue weighted by molar-refractivity contribution is -0.122. The van der Waals surface area contributed by atoms with Gasteiger partial charge in [-0.15, -0.1) is 0 Å². The number of aryl methyl sites for hydroxylation is 1. The Balaban J connectivity index is 1.95. The van der Waals surface area contributed by atoms with E-state index in [1.807, 2.05) is 0 Å². The van der Waals surface area contributed by atoms with Crippen LogP contribution in [0.4, 0.5) is 14.5 Å². The zero-order valence-corrected chi connectivity index (χ0v) is 18.6. The molecule has 0 aliphatic heterocycles. The SMILES string of the molecule is Cc1ccc(S(=O)(=O)Nc2ccc(F)cc2)cc1C(=O)N(C)C(C(N)=O)c1cccc(F)c1. The van der Waals surface area contributed by atoms with Crippen LogP contribution >= 0.6 is 0 Å². The van der Waals surface area contributed by atoms with Crippen molar-refractivity contribution in [3.8, 4) is 0 Å². The summed E-state index contributed by atoms with van der Waals surface area (Å²) in [6, 6.07) is 12.5. The summed E-state index contributed by atoms with van der Waals surface area (Å²) >= 11 is 0. The van der Waals surface area contributed by atoms with E-state index in [-0.39, 0.29) is 21.7 Å². The molecule has 0 aromatic heterocycles. The van der Waals surface area contributed by atoms with Crippen LogP contribution in [0.25, 0.3) is 0 Å². The molecule has 0 fully saturated rings. The van der Waals surface area contributed by atoms with Crippen molar-refractivity contribution in [3.05, 3.63) is 95.1 Å². The van der Waals surface area contributed by atoms with Crippen molar-refractivity contribution in [2.24, 2.45) is 5.73 Å². The quantitative estimate of drug-likeness (QED) is 0.548. The first kappa shape index (κ1) is 23.9. The fourth-order valence-corrected chi connectivity index (χ4v) is 4.38. The summed E-state index contributed by atoms with van der Waals surface area (Å²) in [5.41, 5.74) is 6.27. The molecule has 0 heterocycles. The number of nitrogens with one attached hydrogen (secondary N) is 1. The van der Waals surface area contributed by atoms with E-state index >= 15 is 0 Å². The normalized spacial score (nSPS) is 12.1. The number of amides is 2. The first-order valence-electron chi connectivity index (χ1n) is 9.70. The van der Waals surface area contributed by atoms with E-state index < -0.39 is 39.5 Å². The molecule has 0 radical (unpaired) electrons. The topological polar surface area (TPSA) is 110 Å². The highest BCUT2D eigenvalue weighted by Gasteiger charge is 2.29. The Bertz CT molecular complexity index is 1310. The molecular weight excluding hydrogens is 452 g/mol. The van der Waals surface area contributed by atoms with Gasteiger partial charge < -0.3 is 10.6 Å². The van der Waals surface area contributed by atoms with Gasteiger partial charge in [-0.1, -0.05) is 18.2 Å². The molecule has 172 valence electrons. The molecule has 0 aliphatic rings. The number of primary amides is 1. The van der Waals surface area contributed by atoms with Crippen molar-refractivity contribution < 1.29 is 26.8 Å². The third kappa shape index (κ3) is 5.35. The second-order valence-electron chi connectivity index (χ2n) is 7.37. The van der Waals surface area contributed by atoms with Crippen LogP contribution in [-0.2, 0) is 14.8 Å². The minimum atomic E-state index is -4.10. The van der Waals surface area contributed by atoms with Crippen molar-refractivity contribution in [2.75, 3.05) is 11.8 Å². The highest BCUT2D eigenvalue weighted by molar-refractivity contribution is 7.92. The Morgan fingerprint density at radius 1 is 0.970 bits per heavy atom. The number of rotatable bonds is 7. The van der Waals surface area contributed by atoms with Crippen LogP contribution in [0.5, 0.6) is 0 Å². The number of likely N-dealkylation sites (N-methyl/N-ethyl adjacent to an activating group) is 1. The fourth-order valence-electron chi connectivity index (χ4n) is 3.29. The van der Waals surface area contributed by atoms with Gasteiger partial charge in [0.1, 0.15) is 17.7 Å². The van der Waals surface area contributed by atoms with Gasteiger partial charge in [0, 0.05) is 18.3 Å². The highest BCUT2D eigenvalue weighted by Crippen LogP contribution is 2.25. The molecule has 0 saturated heterocycles. The molecule has 3 aromatic rings. The second kappa shape index (κ2) is 9.37. The summed E-state index contributed by atoms with van der Waals surface area (Å²) < 4.78 is 54.7. The molecule has 3 aromatic carbocycles. The van der Waals surface area contributed by atoms with Crippen molar-refractivity contribution in [2.45, 2.75) is 17.9 Å². The summed E-state index contributed by atoms with van der Waals surface area (Å²) in [4.78, 5) is 26.1. The molecule has 0 saturated carbocycles. The van der Waals surface area contributed by atoms with Gasteiger partial charge in [-0.3, -0.25) is 14.3 Å². The molecule has 7 nitrogen and oxygen atoms in total. The second-order valence-corrected chi connectivity index (χ2v) is 9.05. The molecule has 2 amide bonds. The van der Waals surface area contributed by atoms with Gasteiger partial charge in [0.2, 0.25) is 5.91 Å². The predicted octanol–water partition coefficient (Wildman–Crippen LogP) is 3.37. The largest absolute Gasteiger partial charge is 0.368 e. The zero-order valence-electron chi connectivity index (χ0n) is 17.7. The molecule has 1 atom stereocenters. The molecule has 3 rings (SSSR count). The van der Waals surface area contributed by atoms with Crippen LogP contribution in [0.2, 0.25) is 0 Å². The average Bonchev–Trinajstić information content (AvgIpc) is 2.75. The first-order chi connectivity index (χ1) is 15.5. The van der Waals surface area contributed by atoms with E-state index in [4.69, 9.17) is 5.73 Å². The van der Waals surface area contributed by atoms with Gasteiger partial charge in [-0.2, -0.15) is 0 Å². The van der Waals surface area contributed by atoms with E-state index in [0.717, 1.165) is 23.1 Å². The Hall–Kier alpha value is -3.79. The van der Waals surface area contributed by atoms with E-state index in [1.165, 1.54) is 55.6 Å². The monoisotopic (exact) mass is 473 g/mol. The summed E-state index contributed by atoms with van der Waals surface area (Å²) in [5.74, 6) is -2.68. The molecule has 33 heavy (non-hydrogen) atoms. The molecule has 3 N–H and O–H groups in total. The summed E-state index contributed by atoms with van der Waals surface area (Å²) in [7, 11) is -2.78. The van der Waals surface area contributed by atoms with Gasteiger partial charge in [0.05, 0.1) is 4.90 Å². The maximum atomic E-state index is 13.7. The number of hydrogen-bond acceptors (Lipinski definition) is 4. The van der Waals surface area contributed by atoms with Gasteiger partial charge in [0.25, 0.3) is 15.9 Å². The molecular formula is C23H21F2N3O4S. The van der Waals surface area contributed by atoms with Crippen LogP contribution in [0.3, 0.4) is 0 Å². The molecule has 1 unspecified atom stereocenters. The van der Waals surface area contributed by atoms with Crippen LogP contribution in [-0.4, -0.2) is 32.2 Å². The third-order valence-electron chi connectivity index (χ3n) is 4.99. The van der Waals surface area contributed by atoms with Crippen LogP contribution < -0.4 is 10.5 Å². The van der Waals surface area contributed by atoms with Crippen LogP contribution in [0.1, 0.15) is 27.5 Å². The zero-order chi connectivity index (χ0) is 24.3.